The molecule has 1 aromatic heterocycles. The lowest BCUT2D eigenvalue weighted by molar-refractivity contribution is 0.818. The van der Waals surface area contributed by atoms with Crippen molar-refractivity contribution in [1.29, 1.82) is 0 Å². The Labute approximate surface area is 86.5 Å². The van der Waals surface area contributed by atoms with E-state index in [1.165, 1.54) is 35.4 Å². The minimum absolute atomic E-state index is 1.09. The van der Waals surface area contributed by atoms with Gasteiger partial charge in [-0.15, -0.1) is 0 Å². The molecule has 1 heterocycles. The van der Waals surface area contributed by atoms with E-state index in [4.69, 9.17) is 0 Å². The van der Waals surface area contributed by atoms with Gasteiger partial charge in [-0.1, -0.05) is 31.9 Å². The second-order valence-electron chi connectivity index (χ2n) is 3.80. The zero-order chi connectivity index (χ0) is 10.4. The fourth-order valence-corrected chi connectivity index (χ4v) is 1.70. The van der Waals surface area contributed by atoms with Gasteiger partial charge in [0.2, 0.25) is 0 Å². The molecule has 1 rings (SSSR count). The highest BCUT2D eigenvalue weighted by Gasteiger charge is 1.93. The molecule has 1 N–H and O–H groups in total. The molecular weight excluding hydrogens is 170 g/mol. The number of aromatic amines is 1. The van der Waals surface area contributed by atoms with Crippen molar-refractivity contribution in [3.8, 4) is 0 Å². The van der Waals surface area contributed by atoms with E-state index < -0.39 is 0 Å². The summed E-state index contributed by atoms with van der Waals surface area (Å²) in [5.41, 5.74) is 1.51. The van der Waals surface area contributed by atoms with Crippen molar-refractivity contribution in [3.05, 3.63) is 22.8 Å². The molecule has 0 aromatic carbocycles. The predicted octanol–water partition coefficient (Wildman–Crippen LogP) is 2.57. The van der Waals surface area contributed by atoms with Gasteiger partial charge >= 0.3 is 0 Å². The molecule has 1 aromatic rings. The molecular formula is C13H21N. The van der Waals surface area contributed by atoms with Crippen molar-refractivity contribution in [2.45, 2.75) is 46.5 Å². The molecule has 0 saturated heterocycles. The third kappa shape index (κ3) is 2.76. The van der Waals surface area contributed by atoms with Gasteiger partial charge in [0.25, 0.3) is 0 Å². The number of rotatable bonds is 4. The Morgan fingerprint density at radius 2 is 2.21 bits per heavy atom. The van der Waals surface area contributed by atoms with Gasteiger partial charge < -0.3 is 4.98 Å². The first-order valence-electron chi connectivity index (χ1n) is 5.63. The summed E-state index contributed by atoms with van der Waals surface area (Å²) in [7, 11) is 0. The molecule has 0 unspecified atom stereocenters. The first-order valence-corrected chi connectivity index (χ1v) is 5.63. The molecule has 0 saturated carbocycles. The number of hydrogen-bond acceptors (Lipinski definition) is 0. The molecule has 1 nitrogen and oxygen atoms in total. The van der Waals surface area contributed by atoms with Crippen LogP contribution in [0, 0.1) is 0 Å². The third-order valence-electron chi connectivity index (χ3n) is 2.55. The van der Waals surface area contributed by atoms with E-state index in [0.29, 0.717) is 0 Å². The van der Waals surface area contributed by atoms with Gasteiger partial charge in [0.15, 0.2) is 0 Å². The highest BCUT2D eigenvalue weighted by molar-refractivity contribution is 5.42. The Kier molecular flexibility index (Phi) is 4.51. The van der Waals surface area contributed by atoms with E-state index in [2.05, 4.69) is 37.9 Å². The first-order chi connectivity index (χ1) is 6.79. The summed E-state index contributed by atoms with van der Waals surface area (Å²) in [6.45, 7) is 6.65. The van der Waals surface area contributed by atoms with Crippen LogP contribution in [0.4, 0.5) is 0 Å². The Morgan fingerprint density at radius 3 is 2.86 bits per heavy atom. The van der Waals surface area contributed by atoms with Crippen molar-refractivity contribution in [1.82, 2.24) is 4.98 Å². The highest BCUT2D eigenvalue weighted by Crippen LogP contribution is 2.04. The summed E-state index contributed by atoms with van der Waals surface area (Å²) in [6.07, 6.45) is 9.17. The quantitative estimate of drug-likeness (QED) is 0.753. The molecule has 0 spiro atoms. The molecule has 78 valence electrons. The predicted molar refractivity (Wildman–Crippen MR) is 63.4 cm³/mol. The zero-order valence-electron chi connectivity index (χ0n) is 9.56. The van der Waals surface area contributed by atoms with E-state index in [0.717, 1.165) is 6.42 Å². The average Bonchev–Trinajstić information content (AvgIpc) is 2.63. The maximum absolute atomic E-state index is 3.29. The summed E-state index contributed by atoms with van der Waals surface area (Å²) in [5.74, 6) is 0. The lowest BCUT2D eigenvalue weighted by Crippen LogP contribution is -2.24. The third-order valence-corrected chi connectivity index (χ3v) is 2.55. The van der Waals surface area contributed by atoms with E-state index in [1.807, 2.05) is 6.20 Å². The smallest absolute Gasteiger partial charge is 0.0412 e. The van der Waals surface area contributed by atoms with E-state index in [1.54, 1.807) is 0 Å². The fraction of sp³-hybridized carbons (Fsp3) is 0.538. The van der Waals surface area contributed by atoms with Crippen LogP contribution in [-0.2, 0) is 0 Å². The first kappa shape index (κ1) is 11.1. The molecule has 1 heteroatoms. The largest absolute Gasteiger partial charge is 0.361 e. The molecule has 0 radical (unpaired) electrons. The molecule has 0 atom stereocenters. The van der Waals surface area contributed by atoms with E-state index >= 15 is 0 Å². The molecule has 0 fully saturated rings. The van der Waals surface area contributed by atoms with Crippen LogP contribution in [0.5, 0.6) is 0 Å². The van der Waals surface area contributed by atoms with Gasteiger partial charge in [-0.3, -0.25) is 0 Å². The SMILES string of the molecule is CC/C=c1\[nH]cc\c1=C(/C)CCCC. The molecule has 0 aliphatic carbocycles. The van der Waals surface area contributed by atoms with Crippen molar-refractivity contribution >= 4 is 11.6 Å². The molecule has 0 bridgehead atoms. The van der Waals surface area contributed by atoms with Crippen LogP contribution < -0.4 is 10.6 Å². The van der Waals surface area contributed by atoms with Gasteiger partial charge in [0.1, 0.15) is 0 Å². The number of nitrogens with one attached hydrogen (secondary N) is 1. The second-order valence-corrected chi connectivity index (χ2v) is 3.80. The van der Waals surface area contributed by atoms with E-state index in [-0.39, 0.29) is 0 Å². The fourth-order valence-electron chi connectivity index (χ4n) is 1.70. The Balaban J connectivity index is 3.03. The number of H-pyrrole nitrogens is 1. The summed E-state index contributed by atoms with van der Waals surface area (Å²) in [4.78, 5) is 3.29. The Morgan fingerprint density at radius 1 is 1.43 bits per heavy atom. The second kappa shape index (κ2) is 5.69. The van der Waals surface area contributed by atoms with Crippen LogP contribution >= 0.6 is 0 Å². The van der Waals surface area contributed by atoms with Crippen LogP contribution in [0.2, 0.25) is 0 Å². The van der Waals surface area contributed by atoms with Crippen LogP contribution in [0.25, 0.3) is 11.6 Å². The summed E-state index contributed by atoms with van der Waals surface area (Å²) >= 11 is 0. The maximum atomic E-state index is 3.29. The maximum Gasteiger partial charge on any atom is 0.0412 e. The normalized spacial score (nSPS) is 14.6. The van der Waals surface area contributed by atoms with Crippen molar-refractivity contribution in [2.24, 2.45) is 0 Å². The average molecular weight is 191 g/mol. The van der Waals surface area contributed by atoms with Gasteiger partial charge in [0, 0.05) is 11.5 Å². The van der Waals surface area contributed by atoms with Crippen molar-refractivity contribution < 1.29 is 0 Å². The van der Waals surface area contributed by atoms with Crippen molar-refractivity contribution in [2.75, 3.05) is 0 Å². The van der Waals surface area contributed by atoms with Gasteiger partial charge in [-0.2, -0.15) is 0 Å². The van der Waals surface area contributed by atoms with Gasteiger partial charge in [-0.05, 0) is 37.5 Å². The number of aromatic nitrogens is 1. The summed E-state index contributed by atoms with van der Waals surface area (Å²) in [5, 5.41) is 2.70. The van der Waals surface area contributed by atoms with Gasteiger partial charge in [-0.25, -0.2) is 0 Å². The lowest BCUT2D eigenvalue weighted by Gasteiger charge is -1.97. The standard InChI is InChI=1S/C13H21N/c1-4-6-8-11(3)12-9-10-14-13(12)7-5-2/h7,9-10,14H,4-6,8H2,1-3H3/b12-11-,13-7-. The topological polar surface area (TPSA) is 15.8 Å². The molecule has 0 aliphatic heterocycles. The highest BCUT2D eigenvalue weighted by atomic mass is 14.6. The van der Waals surface area contributed by atoms with Crippen LogP contribution in [0.15, 0.2) is 12.3 Å². The minimum atomic E-state index is 1.09. The number of unbranched alkanes of at least 4 members (excludes halogenated alkanes) is 1. The molecule has 14 heavy (non-hydrogen) atoms. The van der Waals surface area contributed by atoms with Crippen LogP contribution in [0.3, 0.4) is 0 Å². The summed E-state index contributed by atoms with van der Waals surface area (Å²) < 4.78 is 0. The minimum Gasteiger partial charge on any atom is -0.361 e. The Hall–Kier alpha value is -0.980. The van der Waals surface area contributed by atoms with E-state index in [9.17, 15) is 0 Å². The monoisotopic (exact) mass is 191 g/mol. The van der Waals surface area contributed by atoms with Crippen molar-refractivity contribution in [3.63, 3.8) is 0 Å². The zero-order valence-corrected chi connectivity index (χ0v) is 9.56. The molecule has 0 aliphatic rings. The lowest BCUT2D eigenvalue weighted by atomic mass is 10.1. The van der Waals surface area contributed by atoms with Crippen LogP contribution in [0.1, 0.15) is 46.5 Å². The summed E-state index contributed by atoms with van der Waals surface area (Å²) in [6, 6.07) is 2.19. The number of hydrogen-bond donors (Lipinski definition) is 1. The Bertz CT molecular complexity index is 370. The molecule has 0 amide bonds. The van der Waals surface area contributed by atoms with Crippen LogP contribution in [-0.4, -0.2) is 4.98 Å². The van der Waals surface area contributed by atoms with Gasteiger partial charge in [0.05, 0.1) is 0 Å².